The van der Waals surface area contributed by atoms with Crippen molar-refractivity contribution in [3.8, 4) is 5.69 Å². The summed E-state index contributed by atoms with van der Waals surface area (Å²) in [7, 11) is 0. The number of thioether (sulfide) groups is 1. The van der Waals surface area contributed by atoms with Crippen LogP contribution in [0.2, 0.25) is 0 Å². The molecule has 3 aromatic rings. The molecule has 0 saturated heterocycles. The number of nitro benzene ring substituents is 1. The molecule has 3 rings (SSSR count). The fourth-order valence-corrected chi connectivity index (χ4v) is 3.89. The number of carbonyl (C=O) groups is 1. The van der Waals surface area contributed by atoms with Crippen LogP contribution in [0.1, 0.15) is 30.6 Å². The number of benzene rings is 2. The highest BCUT2D eigenvalue weighted by atomic mass is 32.2. The van der Waals surface area contributed by atoms with Crippen molar-refractivity contribution in [3.63, 3.8) is 0 Å². The van der Waals surface area contributed by atoms with E-state index < -0.39 is 16.6 Å². The second-order valence-electron chi connectivity index (χ2n) is 6.93. The smallest absolute Gasteiger partial charge is 0.283 e. The first kappa shape index (κ1) is 21.4. The molecule has 0 aliphatic heterocycles. The SMILES string of the molecule is CC(C)CCSc1ccc(C(=O)Nc2ccc(-n3cncn3)c(F)c2)cc1[N+](=O)[O-]. The topological polar surface area (TPSA) is 103 Å². The lowest BCUT2D eigenvalue weighted by molar-refractivity contribution is -0.387. The Kier molecular flexibility index (Phi) is 6.78. The van der Waals surface area contributed by atoms with Crippen molar-refractivity contribution in [1.29, 1.82) is 0 Å². The Labute approximate surface area is 176 Å². The highest BCUT2D eigenvalue weighted by Crippen LogP contribution is 2.31. The van der Waals surface area contributed by atoms with Gasteiger partial charge in [0.05, 0.1) is 9.82 Å². The minimum atomic E-state index is -0.596. The predicted molar refractivity (Wildman–Crippen MR) is 113 cm³/mol. The number of rotatable bonds is 8. The van der Waals surface area contributed by atoms with Crippen molar-refractivity contribution < 1.29 is 14.1 Å². The van der Waals surface area contributed by atoms with Crippen molar-refractivity contribution in [1.82, 2.24) is 14.8 Å². The summed E-state index contributed by atoms with van der Waals surface area (Å²) in [6, 6.07) is 8.47. The average molecular weight is 429 g/mol. The maximum Gasteiger partial charge on any atom is 0.283 e. The lowest BCUT2D eigenvalue weighted by atomic mass is 10.1. The van der Waals surface area contributed by atoms with Crippen LogP contribution in [-0.4, -0.2) is 31.3 Å². The zero-order valence-corrected chi connectivity index (χ0v) is 17.2. The van der Waals surface area contributed by atoms with Gasteiger partial charge in [-0.3, -0.25) is 14.9 Å². The number of hydrogen-bond donors (Lipinski definition) is 1. The van der Waals surface area contributed by atoms with Gasteiger partial charge in [-0.1, -0.05) is 13.8 Å². The first-order chi connectivity index (χ1) is 14.3. The number of amides is 1. The number of anilines is 1. The number of nitro groups is 1. The van der Waals surface area contributed by atoms with Gasteiger partial charge in [0.1, 0.15) is 18.3 Å². The Morgan fingerprint density at radius 1 is 1.30 bits per heavy atom. The van der Waals surface area contributed by atoms with Crippen LogP contribution in [0.4, 0.5) is 15.8 Å². The van der Waals surface area contributed by atoms with Crippen LogP contribution < -0.4 is 5.32 Å². The van der Waals surface area contributed by atoms with E-state index in [-0.39, 0.29) is 22.6 Å². The van der Waals surface area contributed by atoms with Crippen LogP contribution in [-0.2, 0) is 0 Å². The molecule has 0 aliphatic rings. The van der Waals surface area contributed by atoms with Gasteiger partial charge in [-0.25, -0.2) is 14.1 Å². The predicted octanol–water partition coefficient (Wildman–Crippen LogP) is 4.71. The number of carbonyl (C=O) groups excluding carboxylic acids is 1. The Hall–Kier alpha value is -3.27. The van der Waals surface area contributed by atoms with E-state index in [1.165, 1.54) is 53.4 Å². The van der Waals surface area contributed by atoms with E-state index in [0.29, 0.717) is 10.8 Å². The lowest BCUT2D eigenvalue weighted by Gasteiger charge is -2.09. The van der Waals surface area contributed by atoms with Crippen LogP contribution in [0, 0.1) is 21.8 Å². The van der Waals surface area contributed by atoms with Crippen LogP contribution in [0.25, 0.3) is 5.69 Å². The summed E-state index contributed by atoms with van der Waals surface area (Å²) in [6.45, 7) is 4.17. The third-order valence-electron chi connectivity index (χ3n) is 4.24. The molecule has 8 nitrogen and oxygen atoms in total. The van der Waals surface area contributed by atoms with E-state index in [1.54, 1.807) is 6.07 Å². The summed E-state index contributed by atoms with van der Waals surface area (Å²) in [5.74, 6) is 0.0883. The molecule has 0 bridgehead atoms. The van der Waals surface area contributed by atoms with Gasteiger partial charge in [-0.15, -0.1) is 11.8 Å². The number of hydrogen-bond acceptors (Lipinski definition) is 6. The molecule has 2 aromatic carbocycles. The zero-order chi connectivity index (χ0) is 21.7. The second kappa shape index (κ2) is 9.49. The van der Waals surface area contributed by atoms with Crippen molar-refractivity contribution >= 4 is 29.0 Å². The summed E-state index contributed by atoms with van der Waals surface area (Å²) in [4.78, 5) is 27.8. The van der Waals surface area contributed by atoms with Crippen LogP contribution in [0.3, 0.4) is 0 Å². The van der Waals surface area contributed by atoms with Crippen LogP contribution >= 0.6 is 11.8 Å². The molecule has 0 aliphatic carbocycles. The lowest BCUT2D eigenvalue weighted by Crippen LogP contribution is -2.13. The fourth-order valence-electron chi connectivity index (χ4n) is 2.63. The molecule has 10 heteroatoms. The van der Waals surface area contributed by atoms with E-state index in [4.69, 9.17) is 0 Å². The van der Waals surface area contributed by atoms with Crippen LogP contribution in [0.15, 0.2) is 53.9 Å². The monoisotopic (exact) mass is 429 g/mol. The third kappa shape index (κ3) is 5.20. The Morgan fingerprint density at radius 2 is 2.10 bits per heavy atom. The van der Waals surface area contributed by atoms with Crippen molar-refractivity contribution in [2.45, 2.75) is 25.2 Å². The standard InChI is InChI=1S/C20H20FN5O3S/c1-13(2)7-8-30-19-6-3-14(9-18(19)26(28)29)20(27)24-15-4-5-17(16(21)10-15)25-12-22-11-23-25/h3-6,9-13H,7-8H2,1-2H3,(H,24,27). The number of halogens is 1. The fraction of sp³-hybridized carbons (Fsp3) is 0.250. The second-order valence-corrected chi connectivity index (χ2v) is 8.07. The van der Waals surface area contributed by atoms with E-state index in [2.05, 4.69) is 29.2 Å². The molecular formula is C20H20FN5O3S. The molecule has 30 heavy (non-hydrogen) atoms. The molecule has 1 heterocycles. The molecule has 0 radical (unpaired) electrons. The van der Waals surface area contributed by atoms with Crippen molar-refractivity contribution in [3.05, 3.63) is 70.5 Å². The molecule has 0 spiro atoms. The largest absolute Gasteiger partial charge is 0.322 e. The molecule has 0 fully saturated rings. The molecule has 1 N–H and O–H groups in total. The van der Waals surface area contributed by atoms with E-state index in [1.807, 2.05) is 0 Å². The number of nitrogens with one attached hydrogen (secondary N) is 1. The van der Waals surface area contributed by atoms with E-state index >= 15 is 0 Å². The summed E-state index contributed by atoms with van der Waals surface area (Å²) >= 11 is 1.39. The maximum absolute atomic E-state index is 14.3. The summed E-state index contributed by atoms with van der Waals surface area (Å²) < 4.78 is 15.6. The molecular weight excluding hydrogens is 409 g/mol. The van der Waals surface area contributed by atoms with Gasteiger partial charge < -0.3 is 5.32 Å². The summed E-state index contributed by atoms with van der Waals surface area (Å²) in [6.07, 6.45) is 3.57. The summed E-state index contributed by atoms with van der Waals surface area (Å²) in [5, 5.41) is 17.9. The normalized spacial score (nSPS) is 10.9. The molecule has 0 atom stereocenters. The minimum Gasteiger partial charge on any atom is -0.322 e. The third-order valence-corrected chi connectivity index (χ3v) is 5.34. The molecule has 1 aromatic heterocycles. The van der Waals surface area contributed by atoms with E-state index in [9.17, 15) is 19.3 Å². The first-order valence-electron chi connectivity index (χ1n) is 9.22. The van der Waals surface area contributed by atoms with Crippen molar-refractivity contribution in [2.24, 2.45) is 5.92 Å². The van der Waals surface area contributed by atoms with Crippen molar-refractivity contribution in [2.75, 3.05) is 11.1 Å². The van der Waals surface area contributed by atoms with Gasteiger partial charge in [0.25, 0.3) is 11.6 Å². The quantitative estimate of drug-likeness (QED) is 0.316. The molecule has 0 saturated carbocycles. The summed E-state index contributed by atoms with van der Waals surface area (Å²) in [5.41, 5.74) is 0.406. The highest BCUT2D eigenvalue weighted by Gasteiger charge is 2.18. The van der Waals surface area contributed by atoms with Gasteiger partial charge >= 0.3 is 0 Å². The maximum atomic E-state index is 14.3. The number of aromatic nitrogens is 3. The van der Waals surface area contributed by atoms with Gasteiger partial charge in [-0.2, -0.15) is 5.10 Å². The Balaban J connectivity index is 1.75. The first-order valence-corrected chi connectivity index (χ1v) is 10.2. The van der Waals surface area contributed by atoms with Crippen LogP contribution in [0.5, 0.6) is 0 Å². The van der Waals surface area contributed by atoms with Gasteiger partial charge in [0.2, 0.25) is 0 Å². The molecule has 0 unspecified atom stereocenters. The highest BCUT2D eigenvalue weighted by molar-refractivity contribution is 7.99. The van der Waals surface area contributed by atoms with Gasteiger partial charge in [-0.05, 0) is 48.4 Å². The van der Waals surface area contributed by atoms with Gasteiger partial charge in [0, 0.05) is 17.3 Å². The Bertz CT molecular complexity index is 1060. The van der Waals surface area contributed by atoms with E-state index in [0.717, 1.165) is 18.2 Å². The van der Waals surface area contributed by atoms with Gasteiger partial charge in [0.15, 0.2) is 5.82 Å². The number of nitrogens with zero attached hydrogens (tertiary/aromatic N) is 4. The minimum absolute atomic E-state index is 0.121. The molecule has 156 valence electrons. The zero-order valence-electron chi connectivity index (χ0n) is 16.4. The Morgan fingerprint density at radius 3 is 2.73 bits per heavy atom. The average Bonchev–Trinajstić information content (AvgIpc) is 3.22. The molecule has 1 amide bonds.